The third-order valence-electron chi connectivity index (χ3n) is 2.97. The fraction of sp³-hybridized carbons (Fsp3) is 0.312. The monoisotopic (exact) mass is 272 g/mol. The molecule has 0 atom stereocenters. The molecule has 0 radical (unpaired) electrons. The molecule has 0 saturated carbocycles. The number of hydrogen-bond donors (Lipinski definition) is 1. The van der Waals surface area contributed by atoms with Gasteiger partial charge in [-0.05, 0) is 49.2 Å². The Morgan fingerprint density at radius 1 is 1.10 bits per heavy atom. The second kappa shape index (κ2) is 6.91. The fourth-order valence-electron chi connectivity index (χ4n) is 1.84. The molecule has 0 fully saturated rings. The fourth-order valence-corrected chi connectivity index (χ4v) is 1.84. The van der Waals surface area contributed by atoms with Crippen LogP contribution in [0.15, 0.2) is 36.5 Å². The van der Waals surface area contributed by atoms with Crippen molar-refractivity contribution >= 4 is 0 Å². The summed E-state index contributed by atoms with van der Waals surface area (Å²) in [4.78, 5) is 4.24. The molecular weight excluding hydrogens is 252 g/mol. The van der Waals surface area contributed by atoms with E-state index in [-0.39, 0.29) is 0 Å². The maximum Gasteiger partial charge on any atom is 0.223 e. The maximum atomic E-state index is 5.79. The van der Waals surface area contributed by atoms with Crippen LogP contribution in [0.25, 0.3) is 0 Å². The molecule has 0 unspecified atom stereocenters. The van der Waals surface area contributed by atoms with Crippen molar-refractivity contribution in [2.45, 2.75) is 26.8 Å². The molecule has 0 bridgehead atoms. The molecule has 4 nitrogen and oxygen atoms in total. The van der Waals surface area contributed by atoms with Crippen LogP contribution in [0.1, 0.15) is 24.5 Å². The normalized spacial score (nSPS) is 10.3. The van der Waals surface area contributed by atoms with Crippen molar-refractivity contribution in [3.05, 3.63) is 47.7 Å². The van der Waals surface area contributed by atoms with Gasteiger partial charge in [0.25, 0.3) is 0 Å². The number of nitrogens with two attached hydrogens (primary N) is 1. The summed E-state index contributed by atoms with van der Waals surface area (Å²) in [5.74, 6) is 2.13. The van der Waals surface area contributed by atoms with Gasteiger partial charge in [-0.3, -0.25) is 0 Å². The van der Waals surface area contributed by atoms with Crippen LogP contribution in [0.3, 0.4) is 0 Å². The minimum absolute atomic E-state index is 0.409. The minimum atomic E-state index is 0.409. The van der Waals surface area contributed by atoms with Gasteiger partial charge in [0.2, 0.25) is 5.88 Å². The molecule has 4 heteroatoms. The summed E-state index contributed by atoms with van der Waals surface area (Å²) in [5.41, 5.74) is 7.76. The smallest absolute Gasteiger partial charge is 0.223 e. The first-order chi connectivity index (χ1) is 9.74. The molecule has 0 spiro atoms. The van der Waals surface area contributed by atoms with Crippen molar-refractivity contribution in [1.29, 1.82) is 0 Å². The number of benzene rings is 1. The van der Waals surface area contributed by atoms with E-state index in [4.69, 9.17) is 15.2 Å². The zero-order valence-corrected chi connectivity index (χ0v) is 11.9. The van der Waals surface area contributed by atoms with Crippen molar-refractivity contribution in [1.82, 2.24) is 4.98 Å². The predicted molar refractivity (Wildman–Crippen MR) is 79.2 cm³/mol. The Balaban J connectivity index is 2.12. The molecule has 0 aliphatic carbocycles. The topological polar surface area (TPSA) is 57.4 Å². The zero-order chi connectivity index (χ0) is 14.4. The summed E-state index contributed by atoms with van der Waals surface area (Å²) in [6.45, 7) is 5.21. The quantitative estimate of drug-likeness (QED) is 0.875. The lowest BCUT2D eigenvalue weighted by Gasteiger charge is -2.11. The minimum Gasteiger partial charge on any atom is -0.494 e. The molecule has 1 heterocycles. The molecule has 2 aromatic rings. The molecule has 2 rings (SSSR count). The number of nitrogens with zero attached hydrogens (tertiary/aromatic N) is 1. The molecule has 106 valence electrons. The number of aromatic nitrogens is 1. The van der Waals surface area contributed by atoms with E-state index in [1.807, 2.05) is 37.3 Å². The summed E-state index contributed by atoms with van der Waals surface area (Å²) >= 11 is 0. The number of ether oxygens (including phenoxy) is 2. The number of rotatable bonds is 6. The van der Waals surface area contributed by atoms with E-state index in [0.717, 1.165) is 35.7 Å². The van der Waals surface area contributed by atoms with Crippen LogP contribution in [-0.2, 0) is 6.54 Å². The highest BCUT2D eigenvalue weighted by Gasteiger charge is 2.08. The van der Waals surface area contributed by atoms with E-state index in [1.54, 1.807) is 6.20 Å². The van der Waals surface area contributed by atoms with Crippen molar-refractivity contribution in [2.24, 2.45) is 5.73 Å². The first-order valence-electron chi connectivity index (χ1n) is 6.80. The number of hydrogen-bond acceptors (Lipinski definition) is 4. The number of pyridine rings is 1. The van der Waals surface area contributed by atoms with Gasteiger partial charge in [0.15, 0.2) is 0 Å². The summed E-state index contributed by atoms with van der Waals surface area (Å²) < 4.78 is 11.3. The highest BCUT2D eigenvalue weighted by molar-refractivity contribution is 5.38. The Bertz CT molecular complexity index is 553. The van der Waals surface area contributed by atoms with Crippen LogP contribution in [0.4, 0.5) is 0 Å². The van der Waals surface area contributed by atoms with E-state index in [2.05, 4.69) is 11.9 Å². The molecule has 0 saturated heterocycles. The van der Waals surface area contributed by atoms with Crippen molar-refractivity contribution in [3.8, 4) is 17.4 Å². The van der Waals surface area contributed by atoms with Gasteiger partial charge in [-0.2, -0.15) is 0 Å². The Morgan fingerprint density at radius 3 is 2.45 bits per heavy atom. The largest absolute Gasteiger partial charge is 0.494 e. The molecule has 0 aliphatic heterocycles. The van der Waals surface area contributed by atoms with E-state index < -0.39 is 0 Å². The summed E-state index contributed by atoms with van der Waals surface area (Å²) in [7, 11) is 0. The van der Waals surface area contributed by atoms with Gasteiger partial charge < -0.3 is 15.2 Å². The molecule has 0 amide bonds. The standard InChI is InChI=1S/C16H20N2O2/c1-3-10-19-13-4-6-14(7-5-13)20-16-15(11-17)12(2)8-9-18-16/h4-9H,3,10-11,17H2,1-2H3. The average molecular weight is 272 g/mol. The van der Waals surface area contributed by atoms with Crippen LogP contribution < -0.4 is 15.2 Å². The average Bonchev–Trinajstić information content (AvgIpc) is 2.47. The highest BCUT2D eigenvalue weighted by Crippen LogP contribution is 2.26. The molecule has 1 aromatic carbocycles. The van der Waals surface area contributed by atoms with Crippen LogP contribution in [0, 0.1) is 6.92 Å². The van der Waals surface area contributed by atoms with Crippen LogP contribution in [-0.4, -0.2) is 11.6 Å². The van der Waals surface area contributed by atoms with Crippen molar-refractivity contribution in [3.63, 3.8) is 0 Å². The molecule has 2 N–H and O–H groups in total. The Labute approximate surface area is 119 Å². The van der Waals surface area contributed by atoms with E-state index in [1.165, 1.54) is 0 Å². The summed E-state index contributed by atoms with van der Waals surface area (Å²) in [5, 5.41) is 0. The van der Waals surface area contributed by atoms with Gasteiger partial charge in [0.1, 0.15) is 11.5 Å². The zero-order valence-electron chi connectivity index (χ0n) is 11.9. The van der Waals surface area contributed by atoms with Gasteiger partial charge in [0.05, 0.1) is 6.61 Å². The van der Waals surface area contributed by atoms with Crippen molar-refractivity contribution < 1.29 is 9.47 Å². The van der Waals surface area contributed by atoms with Gasteiger partial charge in [-0.1, -0.05) is 6.92 Å². The summed E-state index contributed by atoms with van der Waals surface area (Å²) in [6.07, 6.45) is 2.72. The van der Waals surface area contributed by atoms with Crippen LogP contribution >= 0.6 is 0 Å². The highest BCUT2D eigenvalue weighted by atomic mass is 16.5. The lowest BCUT2D eigenvalue weighted by molar-refractivity contribution is 0.317. The molecule has 1 aromatic heterocycles. The van der Waals surface area contributed by atoms with Gasteiger partial charge in [-0.25, -0.2) is 4.98 Å². The van der Waals surface area contributed by atoms with E-state index in [9.17, 15) is 0 Å². The van der Waals surface area contributed by atoms with E-state index >= 15 is 0 Å². The van der Waals surface area contributed by atoms with Gasteiger partial charge >= 0.3 is 0 Å². The Morgan fingerprint density at radius 2 is 1.80 bits per heavy atom. The lowest BCUT2D eigenvalue weighted by Crippen LogP contribution is -2.03. The third-order valence-corrected chi connectivity index (χ3v) is 2.97. The molecular formula is C16H20N2O2. The molecule has 20 heavy (non-hydrogen) atoms. The van der Waals surface area contributed by atoms with Crippen LogP contribution in [0.2, 0.25) is 0 Å². The van der Waals surface area contributed by atoms with E-state index in [0.29, 0.717) is 12.4 Å². The van der Waals surface area contributed by atoms with Crippen LogP contribution in [0.5, 0.6) is 17.4 Å². The van der Waals surface area contributed by atoms with Gasteiger partial charge in [0, 0.05) is 18.3 Å². The maximum absolute atomic E-state index is 5.79. The second-order valence-electron chi connectivity index (χ2n) is 4.54. The summed E-state index contributed by atoms with van der Waals surface area (Å²) in [6, 6.07) is 9.45. The second-order valence-corrected chi connectivity index (χ2v) is 4.54. The van der Waals surface area contributed by atoms with Crippen molar-refractivity contribution in [2.75, 3.05) is 6.61 Å². The first-order valence-corrected chi connectivity index (χ1v) is 6.80. The third kappa shape index (κ3) is 3.48. The predicted octanol–water partition coefficient (Wildman–Crippen LogP) is 3.43. The molecule has 0 aliphatic rings. The SMILES string of the molecule is CCCOc1ccc(Oc2nccc(C)c2CN)cc1. The first kappa shape index (κ1) is 14.3. The lowest BCUT2D eigenvalue weighted by atomic mass is 10.1. The Hall–Kier alpha value is -2.07. The Kier molecular flexibility index (Phi) is 4.96. The van der Waals surface area contributed by atoms with Gasteiger partial charge in [-0.15, -0.1) is 0 Å². The number of aryl methyl sites for hydroxylation is 1.